The molecule has 2 aliphatic rings. The Hall–Kier alpha value is -2.31. The van der Waals surface area contributed by atoms with Gasteiger partial charge in [-0.05, 0) is 80.0 Å². The number of rotatable bonds is 4. The minimum absolute atomic E-state index is 0.0142. The highest BCUT2D eigenvalue weighted by Gasteiger charge is 2.27. The van der Waals surface area contributed by atoms with Gasteiger partial charge in [-0.25, -0.2) is 9.37 Å². The highest BCUT2D eigenvalue weighted by Crippen LogP contribution is 2.32. The van der Waals surface area contributed by atoms with Gasteiger partial charge in [0.1, 0.15) is 5.82 Å². The minimum atomic E-state index is -0.292. The topological polar surface area (TPSA) is 42.4 Å². The van der Waals surface area contributed by atoms with Gasteiger partial charge in [-0.1, -0.05) is 17.4 Å². The molecular formula is C23H23FN2O2S. The van der Waals surface area contributed by atoms with Crippen LogP contribution in [0.15, 0.2) is 36.4 Å². The molecule has 1 aliphatic heterocycles. The lowest BCUT2D eigenvalue weighted by Crippen LogP contribution is -2.37. The second-order valence-electron chi connectivity index (χ2n) is 7.85. The van der Waals surface area contributed by atoms with E-state index >= 15 is 0 Å². The smallest absolute Gasteiger partial charge is 0.260 e. The van der Waals surface area contributed by atoms with E-state index in [2.05, 4.69) is 11.1 Å². The number of halogens is 1. The van der Waals surface area contributed by atoms with E-state index in [0.29, 0.717) is 22.8 Å². The molecule has 0 spiro atoms. The van der Waals surface area contributed by atoms with Crippen LogP contribution in [0.2, 0.25) is 0 Å². The molecule has 0 radical (unpaired) electrons. The lowest BCUT2D eigenvalue weighted by atomic mass is 9.90. The molecule has 1 atom stereocenters. The molecule has 2 heterocycles. The van der Waals surface area contributed by atoms with Crippen molar-refractivity contribution in [2.24, 2.45) is 0 Å². The van der Waals surface area contributed by atoms with Gasteiger partial charge >= 0.3 is 0 Å². The maximum absolute atomic E-state index is 13.6. The summed E-state index contributed by atoms with van der Waals surface area (Å²) in [5.74, 6) is -0.354. The number of ether oxygens (including phenoxy) is 1. The van der Waals surface area contributed by atoms with Crippen LogP contribution in [-0.4, -0.2) is 30.1 Å². The SMILES string of the molecule is O=C(c1ccc2c(c1)CCCC2)N(CC1CCCO1)c1nc2ccc(F)cc2s1. The summed E-state index contributed by atoms with van der Waals surface area (Å²) in [7, 11) is 0. The van der Waals surface area contributed by atoms with Gasteiger partial charge < -0.3 is 4.74 Å². The second kappa shape index (κ2) is 7.84. The molecule has 29 heavy (non-hydrogen) atoms. The molecule has 1 aliphatic carbocycles. The molecule has 3 aromatic rings. The number of hydrogen-bond donors (Lipinski definition) is 0. The van der Waals surface area contributed by atoms with Crippen LogP contribution < -0.4 is 4.90 Å². The normalized spacial score (nSPS) is 18.7. The Morgan fingerprint density at radius 2 is 2.00 bits per heavy atom. The monoisotopic (exact) mass is 410 g/mol. The average Bonchev–Trinajstić information content (AvgIpc) is 3.40. The predicted octanol–water partition coefficient (Wildman–Crippen LogP) is 5.14. The zero-order valence-electron chi connectivity index (χ0n) is 16.2. The largest absolute Gasteiger partial charge is 0.376 e. The number of carbonyl (C=O) groups is 1. The van der Waals surface area contributed by atoms with Crippen molar-refractivity contribution >= 4 is 32.6 Å². The van der Waals surface area contributed by atoms with E-state index in [4.69, 9.17) is 4.74 Å². The molecule has 1 saturated heterocycles. The Bertz CT molecular complexity index is 1060. The molecule has 1 unspecified atom stereocenters. The van der Waals surface area contributed by atoms with Crippen LogP contribution in [0.5, 0.6) is 0 Å². The molecule has 0 N–H and O–H groups in total. The van der Waals surface area contributed by atoms with Gasteiger partial charge in [-0.2, -0.15) is 0 Å². The fraction of sp³-hybridized carbons (Fsp3) is 0.391. The zero-order valence-corrected chi connectivity index (χ0v) is 17.0. The molecule has 6 heteroatoms. The maximum Gasteiger partial charge on any atom is 0.260 e. The van der Waals surface area contributed by atoms with E-state index < -0.39 is 0 Å². The van der Waals surface area contributed by atoms with Crippen molar-refractivity contribution in [1.29, 1.82) is 0 Å². The van der Waals surface area contributed by atoms with Crippen LogP contribution in [-0.2, 0) is 17.6 Å². The third-order valence-corrected chi connectivity index (χ3v) is 6.86. The summed E-state index contributed by atoms with van der Waals surface area (Å²) >= 11 is 1.35. The van der Waals surface area contributed by atoms with Crippen molar-refractivity contribution < 1.29 is 13.9 Å². The number of fused-ring (bicyclic) bond motifs is 2. The van der Waals surface area contributed by atoms with Crippen LogP contribution in [0.4, 0.5) is 9.52 Å². The number of aromatic nitrogens is 1. The number of carbonyl (C=O) groups excluding carboxylic acids is 1. The van der Waals surface area contributed by atoms with E-state index in [0.717, 1.165) is 37.0 Å². The first-order valence-electron chi connectivity index (χ1n) is 10.3. The molecule has 1 aromatic heterocycles. The first kappa shape index (κ1) is 18.7. The molecule has 0 saturated carbocycles. The molecular weight excluding hydrogens is 387 g/mol. The molecule has 4 nitrogen and oxygen atoms in total. The van der Waals surface area contributed by atoms with Crippen molar-refractivity contribution in [3.05, 3.63) is 58.9 Å². The molecule has 1 amide bonds. The van der Waals surface area contributed by atoms with Crippen molar-refractivity contribution in [3.8, 4) is 0 Å². The van der Waals surface area contributed by atoms with E-state index in [1.165, 1.54) is 47.4 Å². The Balaban J connectivity index is 1.51. The average molecular weight is 411 g/mol. The number of nitrogens with zero attached hydrogens (tertiary/aromatic N) is 2. The van der Waals surface area contributed by atoms with Gasteiger partial charge in [-0.15, -0.1) is 0 Å². The lowest BCUT2D eigenvalue weighted by molar-refractivity contribution is 0.0917. The number of thiazole rings is 1. The van der Waals surface area contributed by atoms with Crippen molar-refractivity contribution in [2.45, 2.75) is 44.6 Å². The Morgan fingerprint density at radius 3 is 2.83 bits per heavy atom. The van der Waals surface area contributed by atoms with Gasteiger partial charge in [0.25, 0.3) is 5.91 Å². The Morgan fingerprint density at radius 1 is 1.14 bits per heavy atom. The summed E-state index contributed by atoms with van der Waals surface area (Å²) in [5, 5.41) is 0.601. The molecule has 2 aromatic carbocycles. The zero-order chi connectivity index (χ0) is 19.8. The highest BCUT2D eigenvalue weighted by molar-refractivity contribution is 7.22. The van der Waals surface area contributed by atoms with E-state index in [1.807, 2.05) is 12.1 Å². The van der Waals surface area contributed by atoms with Gasteiger partial charge in [0.15, 0.2) is 5.13 Å². The fourth-order valence-corrected chi connectivity index (χ4v) is 5.26. The standard InChI is InChI=1S/C23H23FN2O2S/c24-18-9-10-20-21(13-18)29-23(25-20)26(14-19-6-3-11-28-19)22(27)17-8-7-15-4-1-2-5-16(15)12-17/h7-10,12-13,19H,1-6,11,14H2. The maximum atomic E-state index is 13.6. The second-order valence-corrected chi connectivity index (χ2v) is 8.86. The quantitative estimate of drug-likeness (QED) is 0.598. The molecule has 1 fully saturated rings. The van der Waals surface area contributed by atoms with Gasteiger partial charge in [0.05, 0.1) is 22.9 Å². The van der Waals surface area contributed by atoms with E-state index in [9.17, 15) is 9.18 Å². The highest BCUT2D eigenvalue weighted by atomic mass is 32.1. The van der Waals surface area contributed by atoms with E-state index in [1.54, 1.807) is 11.0 Å². The lowest BCUT2D eigenvalue weighted by Gasteiger charge is -2.24. The summed E-state index contributed by atoms with van der Waals surface area (Å²) in [6.07, 6.45) is 6.47. The summed E-state index contributed by atoms with van der Waals surface area (Å²) in [6, 6.07) is 10.6. The van der Waals surface area contributed by atoms with Crippen molar-refractivity contribution in [2.75, 3.05) is 18.1 Å². The first-order valence-corrected chi connectivity index (χ1v) is 11.1. The van der Waals surface area contributed by atoms with Crippen LogP contribution in [0.25, 0.3) is 10.2 Å². The van der Waals surface area contributed by atoms with Gasteiger partial charge in [0, 0.05) is 12.2 Å². The fourth-order valence-electron chi connectivity index (χ4n) is 4.26. The number of benzene rings is 2. The van der Waals surface area contributed by atoms with E-state index in [-0.39, 0.29) is 17.8 Å². The summed E-state index contributed by atoms with van der Waals surface area (Å²) in [6.45, 7) is 1.20. The number of anilines is 1. The van der Waals surface area contributed by atoms with Crippen LogP contribution in [0.1, 0.15) is 47.2 Å². The van der Waals surface area contributed by atoms with Crippen LogP contribution in [0, 0.1) is 5.82 Å². The first-order chi connectivity index (χ1) is 14.2. The number of amides is 1. The summed E-state index contributed by atoms with van der Waals surface area (Å²) in [5.41, 5.74) is 4.04. The summed E-state index contributed by atoms with van der Waals surface area (Å²) in [4.78, 5) is 19.9. The number of hydrogen-bond acceptors (Lipinski definition) is 4. The van der Waals surface area contributed by atoms with Gasteiger partial charge in [0.2, 0.25) is 0 Å². The number of aryl methyl sites for hydroxylation is 2. The van der Waals surface area contributed by atoms with Crippen LogP contribution >= 0.6 is 11.3 Å². The van der Waals surface area contributed by atoms with Gasteiger partial charge in [-0.3, -0.25) is 9.69 Å². The Labute approximate surface area is 173 Å². The van der Waals surface area contributed by atoms with Crippen molar-refractivity contribution in [3.63, 3.8) is 0 Å². The Kier molecular flexibility index (Phi) is 5.06. The molecule has 150 valence electrons. The predicted molar refractivity (Wildman–Crippen MR) is 113 cm³/mol. The third kappa shape index (κ3) is 3.79. The van der Waals surface area contributed by atoms with Crippen LogP contribution in [0.3, 0.4) is 0 Å². The molecule has 0 bridgehead atoms. The molecule has 5 rings (SSSR count). The van der Waals surface area contributed by atoms with Crippen molar-refractivity contribution in [1.82, 2.24) is 4.98 Å². The summed E-state index contributed by atoms with van der Waals surface area (Å²) < 4.78 is 20.2. The third-order valence-electron chi connectivity index (χ3n) is 5.82. The minimum Gasteiger partial charge on any atom is -0.376 e.